The standard InChI is InChI=1S/C13H14N2O3/c1-9-11(4-6-18-9)8-15(2)12-7-10(13(16)17)3-5-14-12/h3-7H,8H2,1-2H3,(H,16,17). The highest BCUT2D eigenvalue weighted by atomic mass is 16.4. The summed E-state index contributed by atoms with van der Waals surface area (Å²) in [5.41, 5.74) is 1.29. The van der Waals surface area contributed by atoms with Crippen LogP contribution in [-0.4, -0.2) is 23.1 Å². The first-order valence-corrected chi connectivity index (χ1v) is 5.51. The van der Waals surface area contributed by atoms with Crippen molar-refractivity contribution in [2.45, 2.75) is 13.5 Å². The van der Waals surface area contributed by atoms with Crippen LogP contribution in [0.3, 0.4) is 0 Å². The molecule has 2 aromatic rings. The Morgan fingerprint density at radius 1 is 1.50 bits per heavy atom. The van der Waals surface area contributed by atoms with Gasteiger partial charge in [0.15, 0.2) is 0 Å². The topological polar surface area (TPSA) is 66.6 Å². The lowest BCUT2D eigenvalue weighted by Gasteiger charge is -2.17. The molecule has 5 nitrogen and oxygen atoms in total. The Hall–Kier alpha value is -2.30. The Labute approximate surface area is 105 Å². The zero-order valence-electron chi connectivity index (χ0n) is 10.3. The molecule has 0 saturated carbocycles. The minimum atomic E-state index is -0.952. The molecule has 0 aromatic carbocycles. The third-order valence-corrected chi connectivity index (χ3v) is 2.76. The first-order chi connectivity index (χ1) is 8.58. The summed E-state index contributed by atoms with van der Waals surface area (Å²) >= 11 is 0. The second-order valence-corrected chi connectivity index (χ2v) is 4.07. The van der Waals surface area contributed by atoms with Crippen molar-refractivity contribution in [3.8, 4) is 0 Å². The van der Waals surface area contributed by atoms with E-state index in [1.54, 1.807) is 12.3 Å². The van der Waals surface area contributed by atoms with Crippen molar-refractivity contribution in [1.29, 1.82) is 0 Å². The lowest BCUT2D eigenvalue weighted by molar-refractivity contribution is 0.0697. The summed E-state index contributed by atoms with van der Waals surface area (Å²) in [6.45, 7) is 2.52. The summed E-state index contributed by atoms with van der Waals surface area (Å²) < 4.78 is 5.22. The van der Waals surface area contributed by atoms with Gasteiger partial charge >= 0.3 is 5.97 Å². The number of anilines is 1. The average Bonchev–Trinajstić information content (AvgIpc) is 2.75. The van der Waals surface area contributed by atoms with Crippen LogP contribution in [0.15, 0.2) is 35.1 Å². The molecule has 2 rings (SSSR count). The molecule has 0 bridgehead atoms. The van der Waals surface area contributed by atoms with E-state index in [4.69, 9.17) is 9.52 Å². The molecule has 18 heavy (non-hydrogen) atoms. The number of aromatic nitrogens is 1. The molecule has 0 aliphatic heterocycles. The molecule has 0 fully saturated rings. The molecular weight excluding hydrogens is 232 g/mol. The molecule has 0 atom stereocenters. The lowest BCUT2D eigenvalue weighted by Crippen LogP contribution is -2.18. The smallest absolute Gasteiger partial charge is 0.335 e. The van der Waals surface area contributed by atoms with Gasteiger partial charge in [-0.2, -0.15) is 0 Å². The Morgan fingerprint density at radius 2 is 2.28 bits per heavy atom. The van der Waals surface area contributed by atoms with Crippen molar-refractivity contribution in [1.82, 2.24) is 4.98 Å². The van der Waals surface area contributed by atoms with Crippen LogP contribution >= 0.6 is 0 Å². The summed E-state index contributed by atoms with van der Waals surface area (Å²) in [5.74, 6) is 0.526. The van der Waals surface area contributed by atoms with E-state index in [0.717, 1.165) is 11.3 Å². The highest BCUT2D eigenvalue weighted by Crippen LogP contribution is 2.16. The van der Waals surface area contributed by atoms with E-state index in [1.165, 1.54) is 12.3 Å². The average molecular weight is 246 g/mol. The Balaban J connectivity index is 2.18. The number of carbonyl (C=O) groups is 1. The van der Waals surface area contributed by atoms with Gasteiger partial charge in [0.25, 0.3) is 0 Å². The van der Waals surface area contributed by atoms with Crippen molar-refractivity contribution in [2.75, 3.05) is 11.9 Å². The summed E-state index contributed by atoms with van der Waals surface area (Å²) in [6.07, 6.45) is 3.14. The van der Waals surface area contributed by atoms with Crippen molar-refractivity contribution in [3.05, 3.63) is 47.5 Å². The number of pyridine rings is 1. The maximum Gasteiger partial charge on any atom is 0.335 e. The van der Waals surface area contributed by atoms with Gasteiger partial charge in [0.1, 0.15) is 11.6 Å². The minimum Gasteiger partial charge on any atom is -0.478 e. The second-order valence-electron chi connectivity index (χ2n) is 4.07. The number of rotatable bonds is 4. The van der Waals surface area contributed by atoms with E-state index in [2.05, 4.69) is 4.98 Å². The summed E-state index contributed by atoms with van der Waals surface area (Å²) in [5, 5.41) is 8.93. The fourth-order valence-electron chi connectivity index (χ4n) is 1.67. The van der Waals surface area contributed by atoms with Gasteiger partial charge < -0.3 is 14.4 Å². The maximum atomic E-state index is 10.9. The van der Waals surface area contributed by atoms with Crippen LogP contribution in [0.5, 0.6) is 0 Å². The van der Waals surface area contributed by atoms with Crippen LogP contribution in [-0.2, 0) is 6.54 Å². The maximum absolute atomic E-state index is 10.9. The van der Waals surface area contributed by atoms with Crippen LogP contribution in [0.2, 0.25) is 0 Å². The quantitative estimate of drug-likeness (QED) is 0.896. The van der Waals surface area contributed by atoms with E-state index < -0.39 is 5.97 Å². The fourth-order valence-corrected chi connectivity index (χ4v) is 1.67. The molecule has 0 saturated heterocycles. The van der Waals surface area contributed by atoms with Crippen molar-refractivity contribution in [2.24, 2.45) is 0 Å². The summed E-state index contributed by atoms with van der Waals surface area (Å²) in [7, 11) is 1.86. The van der Waals surface area contributed by atoms with Gasteiger partial charge in [-0.05, 0) is 25.1 Å². The summed E-state index contributed by atoms with van der Waals surface area (Å²) in [6, 6.07) is 4.92. The Bertz CT molecular complexity index is 563. The fraction of sp³-hybridized carbons (Fsp3) is 0.231. The van der Waals surface area contributed by atoms with Crippen LogP contribution in [0.1, 0.15) is 21.7 Å². The normalized spacial score (nSPS) is 10.3. The molecule has 0 aliphatic rings. The molecule has 0 aliphatic carbocycles. The van der Waals surface area contributed by atoms with E-state index in [9.17, 15) is 4.79 Å². The Kier molecular flexibility index (Phi) is 3.32. The van der Waals surface area contributed by atoms with Gasteiger partial charge in [-0.3, -0.25) is 0 Å². The Morgan fingerprint density at radius 3 is 2.89 bits per heavy atom. The molecule has 2 heterocycles. The number of nitrogens with zero attached hydrogens (tertiary/aromatic N) is 2. The van der Waals surface area contributed by atoms with Crippen molar-refractivity contribution in [3.63, 3.8) is 0 Å². The van der Waals surface area contributed by atoms with Crippen LogP contribution in [0, 0.1) is 6.92 Å². The van der Waals surface area contributed by atoms with Gasteiger partial charge in [0.05, 0.1) is 11.8 Å². The second kappa shape index (κ2) is 4.91. The molecular formula is C13H14N2O3. The van der Waals surface area contributed by atoms with E-state index in [0.29, 0.717) is 12.4 Å². The minimum absolute atomic E-state index is 0.232. The van der Waals surface area contributed by atoms with Crippen LogP contribution in [0.4, 0.5) is 5.82 Å². The predicted molar refractivity (Wildman–Crippen MR) is 66.7 cm³/mol. The van der Waals surface area contributed by atoms with E-state index in [-0.39, 0.29) is 5.56 Å². The van der Waals surface area contributed by atoms with Gasteiger partial charge in [-0.1, -0.05) is 0 Å². The highest BCUT2D eigenvalue weighted by molar-refractivity contribution is 5.88. The SMILES string of the molecule is Cc1occc1CN(C)c1cc(C(=O)O)ccn1. The van der Waals surface area contributed by atoms with Crippen molar-refractivity contribution >= 4 is 11.8 Å². The number of hydrogen-bond donors (Lipinski definition) is 1. The van der Waals surface area contributed by atoms with Gasteiger partial charge in [0.2, 0.25) is 0 Å². The number of furan rings is 1. The molecule has 2 aromatic heterocycles. The van der Waals surface area contributed by atoms with Gasteiger partial charge in [0, 0.05) is 25.4 Å². The van der Waals surface area contributed by atoms with Crippen LogP contribution < -0.4 is 4.90 Å². The number of carboxylic acid groups (broad SMARTS) is 1. The molecule has 0 amide bonds. The van der Waals surface area contributed by atoms with E-state index in [1.807, 2.05) is 24.9 Å². The zero-order valence-corrected chi connectivity index (χ0v) is 10.3. The van der Waals surface area contributed by atoms with Gasteiger partial charge in [-0.15, -0.1) is 0 Å². The molecule has 1 N–H and O–H groups in total. The largest absolute Gasteiger partial charge is 0.478 e. The molecule has 5 heteroatoms. The number of carboxylic acids is 1. The molecule has 0 unspecified atom stereocenters. The zero-order chi connectivity index (χ0) is 13.1. The highest BCUT2D eigenvalue weighted by Gasteiger charge is 2.10. The van der Waals surface area contributed by atoms with Crippen molar-refractivity contribution < 1.29 is 14.3 Å². The number of aromatic carboxylic acids is 1. The first kappa shape index (κ1) is 12.2. The van der Waals surface area contributed by atoms with Crippen LogP contribution in [0.25, 0.3) is 0 Å². The first-order valence-electron chi connectivity index (χ1n) is 5.51. The lowest BCUT2D eigenvalue weighted by atomic mass is 10.2. The third-order valence-electron chi connectivity index (χ3n) is 2.76. The molecule has 0 spiro atoms. The molecule has 94 valence electrons. The number of hydrogen-bond acceptors (Lipinski definition) is 4. The van der Waals surface area contributed by atoms with Gasteiger partial charge in [-0.25, -0.2) is 9.78 Å². The molecule has 0 radical (unpaired) electrons. The predicted octanol–water partition coefficient (Wildman–Crippen LogP) is 2.32. The third kappa shape index (κ3) is 2.51. The number of aryl methyl sites for hydroxylation is 1. The monoisotopic (exact) mass is 246 g/mol. The summed E-state index contributed by atoms with van der Waals surface area (Å²) in [4.78, 5) is 16.9. The van der Waals surface area contributed by atoms with E-state index >= 15 is 0 Å².